The summed E-state index contributed by atoms with van der Waals surface area (Å²) in [6, 6.07) is 3.50. The van der Waals surface area contributed by atoms with E-state index in [0.717, 1.165) is 6.07 Å². The molecule has 0 saturated heterocycles. The Morgan fingerprint density at radius 1 is 1.40 bits per heavy atom. The Bertz CT molecular complexity index is 459. The highest BCUT2D eigenvalue weighted by molar-refractivity contribution is 7.91. The lowest BCUT2D eigenvalue weighted by molar-refractivity contribution is 0.234. The molecular formula is C8H7ClF2O3S. The van der Waals surface area contributed by atoms with E-state index < -0.39 is 20.5 Å². The first-order valence-corrected chi connectivity index (χ1v) is 5.67. The second kappa shape index (κ2) is 4.32. The van der Waals surface area contributed by atoms with Gasteiger partial charge in [-0.25, -0.2) is 8.42 Å². The van der Waals surface area contributed by atoms with Gasteiger partial charge in [-0.1, -0.05) is 11.6 Å². The van der Waals surface area contributed by atoms with Crippen LogP contribution in [0.25, 0.3) is 0 Å². The predicted octanol–water partition coefficient (Wildman–Crippen LogP) is 2.34. The summed E-state index contributed by atoms with van der Waals surface area (Å²) in [6.45, 7) is 0. The Labute approximate surface area is 90.5 Å². The van der Waals surface area contributed by atoms with Crippen molar-refractivity contribution in [3.63, 3.8) is 0 Å². The van der Waals surface area contributed by atoms with Gasteiger partial charge in [-0.05, 0) is 18.2 Å². The van der Waals surface area contributed by atoms with E-state index in [-0.39, 0.29) is 10.8 Å². The van der Waals surface area contributed by atoms with Crippen LogP contribution in [0, 0.1) is 0 Å². The zero-order valence-corrected chi connectivity index (χ0v) is 9.15. The molecule has 0 radical (unpaired) electrons. The van der Waals surface area contributed by atoms with Gasteiger partial charge in [0.25, 0.3) is 0 Å². The summed E-state index contributed by atoms with van der Waals surface area (Å²) in [7, 11) is -3.50. The smallest absolute Gasteiger partial charge is 0.341 e. The fourth-order valence-corrected chi connectivity index (χ4v) is 2.12. The van der Waals surface area contributed by atoms with Crippen LogP contribution in [0.15, 0.2) is 23.1 Å². The standard InChI is InChI=1S/C8H7ClF2O3S/c1-14-6-3-2-5(9)4-7(6)15(12,13)8(10)11/h2-4,8H,1H3. The molecule has 84 valence electrons. The van der Waals surface area contributed by atoms with E-state index in [1.807, 2.05) is 0 Å². The number of hydrogen-bond acceptors (Lipinski definition) is 3. The molecule has 0 amide bonds. The van der Waals surface area contributed by atoms with Crippen molar-refractivity contribution in [3.8, 4) is 5.75 Å². The summed E-state index contributed by atoms with van der Waals surface area (Å²) in [6.07, 6.45) is 0. The first-order valence-electron chi connectivity index (χ1n) is 3.75. The number of methoxy groups -OCH3 is 1. The summed E-state index contributed by atoms with van der Waals surface area (Å²) in [4.78, 5) is -0.604. The lowest BCUT2D eigenvalue weighted by Gasteiger charge is -2.08. The molecule has 0 aliphatic rings. The summed E-state index contributed by atoms with van der Waals surface area (Å²) >= 11 is 5.52. The van der Waals surface area contributed by atoms with E-state index in [4.69, 9.17) is 11.6 Å². The van der Waals surface area contributed by atoms with Gasteiger partial charge in [-0.3, -0.25) is 0 Å². The molecule has 1 aromatic rings. The zero-order chi connectivity index (χ0) is 11.6. The molecule has 0 aliphatic heterocycles. The predicted molar refractivity (Wildman–Crippen MR) is 51.2 cm³/mol. The van der Waals surface area contributed by atoms with Gasteiger partial charge in [-0.15, -0.1) is 0 Å². The van der Waals surface area contributed by atoms with E-state index >= 15 is 0 Å². The van der Waals surface area contributed by atoms with Gasteiger partial charge in [0.1, 0.15) is 10.6 Å². The van der Waals surface area contributed by atoms with E-state index in [1.165, 1.54) is 19.2 Å². The van der Waals surface area contributed by atoms with E-state index in [0.29, 0.717) is 0 Å². The molecule has 0 atom stereocenters. The van der Waals surface area contributed by atoms with Crippen LogP contribution >= 0.6 is 11.6 Å². The minimum Gasteiger partial charge on any atom is -0.495 e. The van der Waals surface area contributed by atoms with Crippen LogP contribution in [0.5, 0.6) is 5.75 Å². The normalized spacial score (nSPS) is 11.8. The first-order chi connectivity index (χ1) is 6.89. The van der Waals surface area contributed by atoms with E-state index in [9.17, 15) is 17.2 Å². The van der Waals surface area contributed by atoms with Crippen LogP contribution in [-0.2, 0) is 9.84 Å². The highest BCUT2D eigenvalue weighted by atomic mass is 35.5. The minimum atomic E-state index is -4.68. The molecular weight excluding hydrogens is 250 g/mol. The maximum Gasteiger partial charge on any atom is 0.341 e. The minimum absolute atomic E-state index is 0.0509. The second-order valence-electron chi connectivity index (χ2n) is 2.60. The molecule has 0 saturated carbocycles. The average molecular weight is 257 g/mol. The fraction of sp³-hybridized carbons (Fsp3) is 0.250. The van der Waals surface area contributed by atoms with Gasteiger partial charge in [0, 0.05) is 5.02 Å². The summed E-state index contributed by atoms with van der Waals surface area (Å²) in [5.74, 6) is -3.65. The lowest BCUT2D eigenvalue weighted by atomic mass is 10.3. The van der Waals surface area contributed by atoms with Gasteiger partial charge in [-0.2, -0.15) is 8.78 Å². The largest absolute Gasteiger partial charge is 0.495 e. The molecule has 0 spiro atoms. The van der Waals surface area contributed by atoms with Crippen molar-refractivity contribution < 1.29 is 21.9 Å². The van der Waals surface area contributed by atoms with Crippen LogP contribution in [0.2, 0.25) is 5.02 Å². The van der Waals surface area contributed by atoms with Gasteiger partial charge in [0.2, 0.25) is 9.84 Å². The molecule has 7 heteroatoms. The topological polar surface area (TPSA) is 43.4 Å². The average Bonchev–Trinajstić information content (AvgIpc) is 2.17. The highest BCUT2D eigenvalue weighted by Gasteiger charge is 2.30. The molecule has 0 aliphatic carbocycles. The van der Waals surface area contributed by atoms with Gasteiger partial charge >= 0.3 is 5.76 Å². The molecule has 1 rings (SSSR count). The number of alkyl halides is 2. The molecule has 0 fully saturated rings. The number of hydrogen-bond donors (Lipinski definition) is 0. The van der Waals surface area contributed by atoms with Crippen molar-refractivity contribution in [2.75, 3.05) is 7.11 Å². The first kappa shape index (κ1) is 12.2. The lowest BCUT2D eigenvalue weighted by Crippen LogP contribution is -2.12. The molecule has 0 bridgehead atoms. The van der Waals surface area contributed by atoms with Crippen molar-refractivity contribution in [1.29, 1.82) is 0 Å². The molecule has 0 unspecified atom stereocenters. The third-order valence-corrected chi connectivity index (χ3v) is 3.30. The molecule has 0 aromatic heterocycles. The van der Waals surface area contributed by atoms with Crippen LogP contribution < -0.4 is 4.74 Å². The molecule has 1 aromatic carbocycles. The Hall–Kier alpha value is -0.880. The van der Waals surface area contributed by atoms with Gasteiger partial charge in [0.05, 0.1) is 7.11 Å². The van der Waals surface area contributed by atoms with Crippen LogP contribution in [-0.4, -0.2) is 21.3 Å². The number of halogens is 3. The van der Waals surface area contributed by atoms with Crippen LogP contribution in [0.4, 0.5) is 8.78 Å². The molecule has 0 N–H and O–H groups in total. The van der Waals surface area contributed by atoms with Crippen molar-refractivity contribution in [1.82, 2.24) is 0 Å². The maximum absolute atomic E-state index is 12.3. The Kier molecular flexibility index (Phi) is 3.51. The Balaban J connectivity index is 3.42. The van der Waals surface area contributed by atoms with E-state index in [1.54, 1.807) is 0 Å². The zero-order valence-electron chi connectivity index (χ0n) is 7.58. The third-order valence-electron chi connectivity index (χ3n) is 1.67. The van der Waals surface area contributed by atoms with Crippen molar-refractivity contribution in [2.45, 2.75) is 10.7 Å². The summed E-state index contributed by atoms with van der Waals surface area (Å²) in [5, 5.41) is 0.0509. The maximum atomic E-state index is 12.3. The quantitative estimate of drug-likeness (QED) is 0.834. The van der Waals surface area contributed by atoms with E-state index in [2.05, 4.69) is 4.74 Å². The number of sulfone groups is 1. The summed E-state index contributed by atoms with van der Waals surface area (Å²) < 4.78 is 51.5. The number of benzene rings is 1. The van der Waals surface area contributed by atoms with Gasteiger partial charge < -0.3 is 4.74 Å². The van der Waals surface area contributed by atoms with Crippen molar-refractivity contribution >= 4 is 21.4 Å². The molecule has 0 heterocycles. The highest BCUT2D eigenvalue weighted by Crippen LogP contribution is 2.30. The SMILES string of the molecule is COc1ccc(Cl)cc1S(=O)(=O)C(F)F. The molecule has 15 heavy (non-hydrogen) atoms. The van der Waals surface area contributed by atoms with Gasteiger partial charge in [0.15, 0.2) is 0 Å². The molecule has 3 nitrogen and oxygen atoms in total. The van der Waals surface area contributed by atoms with Crippen LogP contribution in [0.1, 0.15) is 0 Å². The number of ether oxygens (including phenoxy) is 1. The Morgan fingerprint density at radius 2 is 2.00 bits per heavy atom. The Morgan fingerprint density at radius 3 is 2.47 bits per heavy atom. The summed E-state index contributed by atoms with van der Waals surface area (Å²) in [5.41, 5.74) is 0. The monoisotopic (exact) mass is 256 g/mol. The fourth-order valence-electron chi connectivity index (χ4n) is 0.969. The number of rotatable bonds is 3. The van der Waals surface area contributed by atoms with Crippen molar-refractivity contribution in [2.24, 2.45) is 0 Å². The third kappa shape index (κ3) is 2.38. The van der Waals surface area contributed by atoms with Crippen LogP contribution in [0.3, 0.4) is 0 Å². The van der Waals surface area contributed by atoms with Crippen molar-refractivity contribution in [3.05, 3.63) is 23.2 Å². The second-order valence-corrected chi connectivity index (χ2v) is 4.92.